The van der Waals surface area contributed by atoms with Gasteiger partial charge in [-0.2, -0.15) is 5.10 Å². The van der Waals surface area contributed by atoms with Gasteiger partial charge < -0.3 is 9.88 Å². The number of anilines is 1. The van der Waals surface area contributed by atoms with Crippen LogP contribution in [0.5, 0.6) is 0 Å². The number of carbonyl (C=O) groups excluding carboxylic acids is 1. The monoisotopic (exact) mass is 365 g/mol. The Kier molecular flexibility index (Phi) is 4.95. The van der Waals surface area contributed by atoms with Gasteiger partial charge in [0.2, 0.25) is 5.91 Å². The molecule has 0 radical (unpaired) electrons. The molecule has 0 atom stereocenters. The van der Waals surface area contributed by atoms with Gasteiger partial charge in [-0.25, -0.2) is 4.98 Å². The summed E-state index contributed by atoms with van der Waals surface area (Å²) >= 11 is 0. The van der Waals surface area contributed by atoms with Crippen molar-refractivity contribution in [1.29, 1.82) is 0 Å². The van der Waals surface area contributed by atoms with E-state index in [2.05, 4.69) is 30.2 Å². The zero-order chi connectivity index (χ0) is 18.6. The van der Waals surface area contributed by atoms with Crippen LogP contribution in [-0.4, -0.2) is 35.4 Å². The number of nitrogens with one attached hydrogen (secondary N) is 1. The Morgan fingerprint density at radius 1 is 1.22 bits per heavy atom. The van der Waals surface area contributed by atoms with Gasteiger partial charge in [-0.3, -0.25) is 9.48 Å². The molecule has 0 unspecified atom stereocenters. The average Bonchev–Trinajstić information content (AvgIpc) is 3.27. The van der Waals surface area contributed by atoms with Crippen LogP contribution < -0.4 is 5.32 Å². The van der Waals surface area contributed by atoms with E-state index in [-0.39, 0.29) is 5.91 Å². The van der Waals surface area contributed by atoms with Crippen LogP contribution in [0, 0.1) is 6.92 Å². The van der Waals surface area contributed by atoms with Crippen LogP contribution in [-0.2, 0) is 24.3 Å². The van der Waals surface area contributed by atoms with Gasteiger partial charge in [-0.15, -0.1) is 10.2 Å². The summed E-state index contributed by atoms with van der Waals surface area (Å²) in [4.78, 5) is 16.2. The van der Waals surface area contributed by atoms with E-state index in [1.54, 1.807) is 11.0 Å². The van der Waals surface area contributed by atoms with E-state index < -0.39 is 0 Å². The summed E-state index contributed by atoms with van der Waals surface area (Å²) in [7, 11) is 0. The van der Waals surface area contributed by atoms with Crippen molar-refractivity contribution in [2.45, 2.75) is 52.1 Å². The van der Waals surface area contributed by atoms with Gasteiger partial charge in [-0.05, 0) is 31.4 Å². The number of benzene rings is 1. The van der Waals surface area contributed by atoms with Gasteiger partial charge in [-0.1, -0.05) is 18.6 Å². The molecule has 27 heavy (non-hydrogen) atoms. The predicted molar refractivity (Wildman–Crippen MR) is 101 cm³/mol. The van der Waals surface area contributed by atoms with Crippen molar-refractivity contribution in [3.63, 3.8) is 0 Å². The smallest absolute Gasteiger partial charge is 0.226 e. The molecular formula is C19H23N7O. The molecule has 0 spiro atoms. The van der Waals surface area contributed by atoms with Crippen molar-refractivity contribution in [3.8, 4) is 11.4 Å². The molecule has 0 saturated carbocycles. The number of rotatable bonds is 5. The first-order valence-corrected chi connectivity index (χ1v) is 9.36. The number of fused-ring (bicyclic) bond motifs is 1. The third-order valence-corrected chi connectivity index (χ3v) is 4.91. The highest BCUT2D eigenvalue weighted by Gasteiger charge is 2.17. The average molecular weight is 365 g/mol. The van der Waals surface area contributed by atoms with Crippen LogP contribution in [0.3, 0.4) is 0 Å². The fourth-order valence-corrected chi connectivity index (χ4v) is 3.37. The van der Waals surface area contributed by atoms with Gasteiger partial charge in [0.25, 0.3) is 0 Å². The van der Waals surface area contributed by atoms with E-state index >= 15 is 0 Å². The van der Waals surface area contributed by atoms with E-state index in [4.69, 9.17) is 0 Å². The normalized spacial score (nSPS) is 13.8. The minimum atomic E-state index is -0.0502. The van der Waals surface area contributed by atoms with Gasteiger partial charge in [0, 0.05) is 30.6 Å². The number of aromatic nitrogens is 6. The largest absolute Gasteiger partial charge is 0.326 e. The molecule has 0 fully saturated rings. The van der Waals surface area contributed by atoms with Crippen molar-refractivity contribution < 1.29 is 4.79 Å². The van der Waals surface area contributed by atoms with E-state index in [9.17, 15) is 4.79 Å². The number of aryl methyl sites for hydroxylation is 3. The van der Waals surface area contributed by atoms with Crippen molar-refractivity contribution in [2.75, 3.05) is 5.32 Å². The minimum absolute atomic E-state index is 0.0502. The molecule has 0 aliphatic carbocycles. The second-order valence-corrected chi connectivity index (χ2v) is 6.89. The molecule has 1 N–H and O–H groups in total. The summed E-state index contributed by atoms with van der Waals surface area (Å²) < 4.78 is 3.86. The SMILES string of the molecule is Cc1ccc(-c2nnc3n2CCCCC3)cc1NC(=O)CCn1cncn1. The molecule has 0 saturated heterocycles. The number of amides is 1. The van der Waals surface area contributed by atoms with E-state index in [1.807, 2.05) is 25.1 Å². The standard InChI is InChI=1S/C19H23N7O/c1-14-6-7-15(19-24-23-17-5-3-2-4-9-26(17)19)11-16(14)22-18(27)8-10-25-13-20-12-21-25/h6-7,11-13H,2-5,8-10H2,1H3,(H,22,27). The van der Waals surface area contributed by atoms with E-state index in [0.717, 1.165) is 47.8 Å². The van der Waals surface area contributed by atoms with Gasteiger partial charge in [0.15, 0.2) is 5.82 Å². The van der Waals surface area contributed by atoms with Crippen LogP contribution in [0.15, 0.2) is 30.9 Å². The number of hydrogen-bond acceptors (Lipinski definition) is 5. The highest BCUT2D eigenvalue weighted by atomic mass is 16.1. The maximum Gasteiger partial charge on any atom is 0.226 e. The first-order chi connectivity index (χ1) is 13.2. The van der Waals surface area contributed by atoms with Crippen molar-refractivity contribution in [1.82, 2.24) is 29.5 Å². The topological polar surface area (TPSA) is 90.5 Å². The van der Waals surface area contributed by atoms with Crippen LogP contribution in [0.4, 0.5) is 5.69 Å². The van der Waals surface area contributed by atoms with Crippen LogP contribution in [0.25, 0.3) is 11.4 Å². The first-order valence-electron chi connectivity index (χ1n) is 9.36. The Morgan fingerprint density at radius 2 is 2.15 bits per heavy atom. The molecule has 1 aliphatic rings. The minimum Gasteiger partial charge on any atom is -0.326 e. The van der Waals surface area contributed by atoms with Gasteiger partial charge in [0.1, 0.15) is 18.5 Å². The molecule has 3 heterocycles. The van der Waals surface area contributed by atoms with Crippen molar-refractivity contribution in [3.05, 3.63) is 42.2 Å². The Hall–Kier alpha value is -3.03. The zero-order valence-corrected chi connectivity index (χ0v) is 15.4. The summed E-state index contributed by atoms with van der Waals surface area (Å²) in [6.07, 6.45) is 7.93. The fraction of sp³-hybridized carbons (Fsp3) is 0.421. The van der Waals surface area contributed by atoms with Gasteiger partial charge >= 0.3 is 0 Å². The lowest BCUT2D eigenvalue weighted by atomic mass is 10.1. The highest BCUT2D eigenvalue weighted by molar-refractivity contribution is 5.92. The van der Waals surface area contributed by atoms with Crippen LogP contribution >= 0.6 is 0 Å². The molecule has 0 bridgehead atoms. The Labute approximate surface area is 157 Å². The number of nitrogens with zero attached hydrogens (tertiary/aromatic N) is 6. The summed E-state index contributed by atoms with van der Waals surface area (Å²) in [6.45, 7) is 3.44. The molecule has 1 aliphatic heterocycles. The summed E-state index contributed by atoms with van der Waals surface area (Å²) in [5, 5.41) is 15.8. The van der Waals surface area contributed by atoms with Crippen molar-refractivity contribution >= 4 is 11.6 Å². The maximum atomic E-state index is 12.3. The maximum absolute atomic E-state index is 12.3. The van der Waals surface area contributed by atoms with Crippen molar-refractivity contribution in [2.24, 2.45) is 0 Å². The fourth-order valence-electron chi connectivity index (χ4n) is 3.37. The molecule has 3 aromatic rings. The predicted octanol–water partition coefficient (Wildman–Crippen LogP) is 2.60. The zero-order valence-electron chi connectivity index (χ0n) is 15.4. The van der Waals surface area contributed by atoms with Gasteiger partial charge in [0.05, 0.1) is 6.54 Å². The molecule has 4 rings (SSSR count). The third-order valence-electron chi connectivity index (χ3n) is 4.91. The quantitative estimate of drug-likeness (QED) is 0.750. The Balaban J connectivity index is 1.51. The molecule has 1 amide bonds. The second kappa shape index (κ2) is 7.69. The Morgan fingerprint density at radius 3 is 3.00 bits per heavy atom. The molecule has 8 nitrogen and oxygen atoms in total. The molecule has 140 valence electrons. The first kappa shape index (κ1) is 17.4. The Bertz CT molecular complexity index is 930. The summed E-state index contributed by atoms with van der Waals surface area (Å²) in [5.41, 5.74) is 2.80. The lowest BCUT2D eigenvalue weighted by molar-refractivity contribution is -0.116. The summed E-state index contributed by atoms with van der Waals surface area (Å²) in [5.74, 6) is 1.89. The van der Waals surface area contributed by atoms with E-state index in [0.29, 0.717) is 13.0 Å². The molecule has 2 aromatic heterocycles. The number of hydrogen-bond donors (Lipinski definition) is 1. The lowest BCUT2D eigenvalue weighted by Crippen LogP contribution is -2.15. The second-order valence-electron chi connectivity index (χ2n) is 6.89. The molecular weight excluding hydrogens is 342 g/mol. The summed E-state index contributed by atoms with van der Waals surface area (Å²) in [6, 6.07) is 6.05. The molecule has 1 aromatic carbocycles. The lowest BCUT2D eigenvalue weighted by Gasteiger charge is -2.12. The van der Waals surface area contributed by atoms with Crippen LogP contribution in [0.1, 0.15) is 37.1 Å². The van der Waals surface area contributed by atoms with E-state index in [1.165, 1.54) is 19.2 Å². The number of carbonyl (C=O) groups is 1. The highest BCUT2D eigenvalue weighted by Crippen LogP contribution is 2.27. The van der Waals surface area contributed by atoms with Crippen LogP contribution in [0.2, 0.25) is 0 Å². The molecule has 8 heteroatoms. The third kappa shape index (κ3) is 3.89.